The maximum Gasteiger partial charge on any atom is 0.262 e. The van der Waals surface area contributed by atoms with Crippen molar-refractivity contribution in [1.29, 1.82) is 0 Å². The number of hydrogen-bond donors (Lipinski definition) is 2. The van der Waals surface area contributed by atoms with Crippen LogP contribution in [0.3, 0.4) is 0 Å². The van der Waals surface area contributed by atoms with Gasteiger partial charge in [-0.25, -0.2) is 13.8 Å². The zero-order chi connectivity index (χ0) is 22.7. The normalized spacial score (nSPS) is 14.4. The van der Waals surface area contributed by atoms with Crippen LogP contribution >= 0.6 is 0 Å². The number of carbonyl (C=O) groups is 2. The largest absolute Gasteiger partial charge is 0.481 e. The number of fused-ring (bicyclic) bond motifs is 1. The van der Waals surface area contributed by atoms with Gasteiger partial charge in [-0.2, -0.15) is 0 Å². The Bertz CT molecular complexity index is 1160. The number of nitrogens with zero attached hydrogens (tertiary/aromatic N) is 2. The minimum Gasteiger partial charge on any atom is -0.481 e. The molecule has 0 radical (unpaired) electrons. The van der Waals surface area contributed by atoms with E-state index in [0.29, 0.717) is 43.3 Å². The summed E-state index contributed by atoms with van der Waals surface area (Å²) < 4.78 is 32.4. The number of rotatable bonds is 6. The number of piperidine rings is 1. The molecule has 2 heterocycles. The fraction of sp³-hybridized carbons (Fsp3) is 0.261. The predicted octanol–water partition coefficient (Wildman–Crippen LogP) is 3.23. The molecule has 1 aliphatic rings. The average molecular weight is 440 g/mol. The number of carbonyl (C=O) groups excluding carboxylic acids is 2. The highest BCUT2D eigenvalue weighted by molar-refractivity contribution is 5.92. The molecule has 0 bridgehead atoms. The SMILES string of the molecule is NC(=O)C1CCN(c2ccc3cccc(OCC(=O)Nc4ccc(F)cc4F)c3n2)CC1. The summed E-state index contributed by atoms with van der Waals surface area (Å²) in [4.78, 5) is 30.4. The van der Waals surface area contributed by atoms with Crippen LogP contribution in [-0.4, -0.2) is 36.5 Å². The van der Waals surface area contributed by atoms with Crippen LogP contribution in [0.1, 0.15) is 12.8 Å². The van der Waals surface area contributed by atoms with E-state index in [1.54, 1.807) is 12.1 Å². The van der Waals surface area contributed by atoms with Crippen molar-refractivity contribution in [3.63, 3.8) is 0 Å². The van der Waals surface area contributed by atoms with E-state index >= 15 is 0 Å². The van der Waals surface area contributed by atoms with E-state index in [0.717, 1.165) is 23.3 Å². The topological polar surface area (TPSA) is 97.5 Å². The molecule has 3 N–H and O–H groups in total. The molecule has 0 saturated carbocycles. The molecule has 2 aromatic carbocycles. The maximum atomic E-state index is 13.7. The molecule has 0 aliphatic carbocycles. The van der Waals surface area contributed by atoms with Gasteiger partial charge in [0.25, 0.3) is 5.91 Å². The number of hydrogen-bond acceptors (Lipinski definition) is 5. The Labute approximate surface area is 183 Å². The number of nitrogens with two attached hydrogens (primary N) is 1. The first-order valence-electron chi connectivity index (χ1n) is 10.2. The summed E-state index contributed by atoms with van der Waals surface area (Å²) in [6.45, 7) is 0.966. The van der Waals surface area contributed by atoms with Crippen LogP contribution in [0.25, 0.3) is 10.9 Å². The summed E-state index contributed by atoms with van der Waals surface area (Å²) in [5, 5.41) is 3.20. The quantitative estimate of drug-likeness (QED) is 0.613. The second-order valence-electron chi connectivity index (χ2n) is 7.62. The summed E-state index contributed by atoms with van der Waals surface area (Å²) in [5.74, 6) is -1.42. The molecular formula is C23H22F2N4O3. The van der Waals surface area contributed by atoms with E-state index in [1.165, 1.54) is 0 Å². The van der Waals surface area contributed by atoms with Gasteiger partial charge in [-0.05, 0) is 43.2 Å². The van der Waals surface area contributed by atoms with Crippen molar-refractivity contribution in [1.82, 2.24) is 4.98 Å². The molecule has 4 rings (SSSR count). The molecule has 0 unspecified atom stereocenters. The number of para-hydroxylation sites is 1. The number of amides is 2. The monoisotopic (exact) mass is 440 g/mol. The molecule has 166 valence electrons. The Kier molecular flexibility index (Phi) is 6.16. The first kappa shape index (κ1) is 21.5. The van der Waals surface area contributed by atoms with Crippen LogP contribution in [0.15, 0.2) is 48.5 Å². The minimum absolute atomic E-state index is 0.116. The van der Waals surface area contributed by atoms with E-state index in [2.05, 4.69) is 10.2 Å². The van der Waals surface area contributed by atoms with Crippen LogP contribution in [-0.2, 0) is 9.59 Å². The molecule has 32 heavy (non-hydrogen) atoms. The van der Waals surface area contributed by atoms with Gasteiger partial charge in [-0.1, -0.05) is 12.1 Å². The van der Waals surface area contributed by atoms with Crippen molar-refractivity contribution in [2.75, 3.05) is 29.9 Å². The van der Waals surface area contributed by atoms with Gasteiger partial charge in [0.1, 0.15) is 28.7 Å². The van der Waals surface area contributed by atoms with Crippen molar-refractivity contribution in [2.45, 2.75) is 12.8 Å². The molecule has 1 saturated heterocycles. The Morgan fingerprint density at radius 2 is 1.91 bits per heavy atom. The third-order valence-corrected chi connectivity index (χ3v) is 5.45. The third kappa shape index (κ3) is 4.77. The first-order chi connectivity index (χ1) is 15.4. The lowest BCUT2D eigenvalue weighted by Gasteiger charge is -2.31. The molecule has 7 nitrogen and oxygen atoms in total. The van der Waals surface area contributed by atoms with Crippen LogP contribution in [0.5, 0.6) is 5.75 Å². The number of aromatic nitrogens is 1. The van der Waals surface area contributed by atoms with Crippen LogP contribution in [0.4, 0.5) is 20.3 Å². The Morgan fingerprint density at radius 3 is 2.62 bits per heavy atom. The average Bonchev–Trinajstić information content (AvgIpc) is 2.79. The third-order valence-electron chi connectivity index (χ3n) is 5.45. The Hall–Kier alpha value is -3.75. The highest BCUT2D eigenvalue weighted by Gasteiger charge is 2.24. The van der Waals surface area contributed by atoms with Crippen molar-refractivity contribution in [3.8, 4) is 5.75 Å². The molecule has 0 spiro atoms. The number of ether oxygens (including phenoxy) is 1. The Balaban J connectivity index is 1.46. The molecule has 0 atom stereocenters. The highest BCUT2D eigenvalue weighted by atomic mass is 19.1. The summed E-state index contributed by atoms with van der Waals surface area (Å²) in [6, 6.07) is 12.1. The van der Waals surface area contributed by atoms with Crippen molar-refractivity contribution in [3.05, 3.63) is 60.2 Å². The summed E-state index contributed by atoms with van der Waals surface area (Å²) >= 11 is 0. The van der Waals surface area contributed by atoms with Crippen LogP contribution in [0.2, 0.25) is 0 Å². The minimum atomic E-state index is -0.866. The zero-order valence-electron chi connectivity index (χ0n) is 17.2. The molecule has 2 amide bonds. The number of nitrogens with one attached hydrogen (secondary N) is 1. The van der Waals surface area contributed by atoms with Gasteiger partial charge in [0, 0.05) is 30.5 Å². The fourth-order valence-corrected chi connectivity index (χ4v) is 3.72. The van der Waals surface area contributed by atoms with Gasteiger partial charge >= 0.3 is 0 Å². The summed E-state index contributed by atoms with van der Waals surface area (Å²) in [7, 11) is 0. The van der Waals surface area contributed by atoms with Crippen molar-refractivity contribution >= 4 is 34.2 Å². The van der Waals surface area contributed by atoms with E-state index in [1.807, 2.05) is 18.2 Å². The maximum absolute atomic E-state index is 13.7. The first-order valence-corrected chi connectivity index (χ1v) is 10.2. The van der Waals surface area contributed by atoms with Crippen molar-refractivity contribution in [2.24, 2.45) is 11.7 Å². The van der Waals surface area contributed by atoms with Gasteiger partial charge in [0.05, 0.1) is 5.69 Å². The van der Waals surface area contributed by atoms with Gasteiger partial charge < -0.3 is 20.7 Å². The number of benzene rings is 2. The van der Waals surface area contributed by atoms with Gasteiger partial charge in [-0.3, -0.25) is 9.59 Å². The lowest BCUT2D eigenvalue weighted by molar-refractivity contribution is -0.122. The number of pyridine rings is 1. The highest BCUT2D eigenvalue weighted by Crippen LogP contribution is 2.28. The molecule has 3 aromatic rings. The smallest absolute Gasteiger partial charge is 0.262 e. The molecule has 9 heteroatoms. The lowest BCUT2D eigenvalue weighted by Crippen LogP contribution is -2.38. The molecule has 1 aliphatic heterocycles. The summed E-state index contributed by atoms with van der Waals surface area (Å²) in [5.41, 5.74) is 5.87. The zero-order valence-corrected chi connectivity index (χ0v) is 17.2. The number of anilines is 2. The standard InChI is InChI=1S/C23H22F2N4O3/c24-16-5-6-18(17(25)12-16)27-21(30)13-32-19-3-1-2-14-4-7-20(28-22(14)19)29-10-8-15(9-11-29)23(26)31/h1-7,12,15H,8-11,13H2,(H2,26,31)(H,27,30). The second kappa shape index (κ2) is 9.17. The summed E-state index contributed by atoms with van der Waals surface area (Å²) in [6.07, 6.45) is 1.35. The van der Waals surface area contributed by atoms with E-state index in [-0.39, 0.29) is 24.1 Å². The fourth-order valence-electron chi connectivity index (χ4n) is 3.72. The number of primary amides is 1. The van der Waals surface area contributed by atoms with E-state index < -0.39 is 17.5 Å². The molecule has 1 fully saturated rings. The lowest BCUT2D eigenvalue weighted by atomic mass is 9.96. The van der Waals surface area contributed by atoms with Crippen LogP contribution in [0, 0.1) is 17.6 Å². The number of halogens is 2. The van der Waals surface area contributed by atoms with E-state index in [4.69, 9.17) is 15.5 Å². The van der Waals surface area contributed by atoms with Gasteiger partial charge in [-0.15, -0.1) is 0 Å². The Morgan fingerprint density at radius 1 is 1.12 bits per heavy atom. The van der Waals surface area contributed by atoms with Crippen LogP contribution < -0.4 is 20.7 Å². The van der Waals surface area contributed by atoms with Crippen molar-refractivity contribution < 1.29 is 23.1 Å². The van der Waals surface area contributed by atoms with Gasteiger partial charge in [0.2, 0.25) is 5.91 Å². The molecule has 1 aromatic heterocycles. The van der Waals surface area contributed by atoms with E-state index in [9.17, 15) is 18.4 Å². The van der Waals surface area contributed by atoms with Gasteiger partial charge in [0.15, 0.2) is 6.61 Å². The predicted molar refractivity (Wildman–Crippen MR) is 116 cm³/mol. The second-order valence-corrected chi connectivity index (χ2v) is 7.62. The molecular weight excluding hydrogens is 418 g/mol.